The van der Waals surface area contributed by atoms with Gasteiger partial charge in [-0.25, -0.2) is 9.19 Å². The maximum absolute atomic E-state index is 11.1. The average Bonchev–Trinajstić information content (AvgIpc) is 3.01. The Kier molecular flexibility index (Phi) is 6.39. The minimum atomic E-state index is -1.97. The van der Waals surface area contributed by atoms with Crippen molar-refractivity contribution in [3.05, 3.63) is 46.7 Å². The molecular formula is C18H21BrN4O2S. The van der Waals surface area contributed by atoms with Crippen LogP contribution in [0.1, 0.15) is 38.3 Å². The summed E-state index contributed by atoms with van der Waals surface area (Å²) in [5.74, 6) is 0.809. The van der Waals surface area contributed by atoms with Gasteiger partial charge in [0.1, 0.15) is 5.82 Å². The van der Waals surface area contributed by atoms with Crippen molar-refractivity contribution < 1.29 is 8.76 Å². The monoisotopic (exact) mass is 436 g/mol. The van der Waals surface area contributed by atoms with E-state index in [9.17, 15) is 4.21 Å². The number of nitrogens with one attached hydrogen (secondary N) is 1. The Bertz CT molecular complexity index is 911. The van der Waals surface area contributed by atoms with Gasteiger partial charge < -0.3 is 9.87 Å². The lowest BCUT2D eigenvalue weighted by molar-refractivity contribution is 0.564. The molecule has 3 rings (SSSR count). The van der Waals surface area contributed by atoms with E-state index in [0.29, 0.717) is 4.90 Å². The van der Waals surface area contributed by atoms with Gasteiger partial charge in [0.15, 0.2) is 16.7 Å². The number of benzene rings is 1. The molecule has 0 aliphatic heterocycles. The van der Waals surface area contributed by atoms with Crippen LogP contribution < -0.4 is 5.32 Å². The highest BCUT2D eigenvalue weighted by molar-refractivity contribution is 9.10. The lowest BCUT2D eigenvalue weighted by Gasteiger charge is -2.11. The van der Waals surface area contributed by atoms with Gasteiger partial charge in [-0.2, -0.15) is 9.61 Å². The molecule has 0 bridgehead atoms. The lowest BCUT2D eigenvalue weighted by Crippen LogP contribution is -2.04. The zero-order valence-corrected chi connectivity index (χ0v) is 16.9. The zero-order valence-electron chi connectivity index (χ0n) is 14.5. The molecule has 3 aromatic rings. The molecule has 8 heteroatoms. The van der Waals surface area contributed by atoms with E-state index in [-0.39, 0.29) is 0 Å². The van der Waals surface area contributed by atoms with E-state index < -0.39 is 11.1 Å². The van der Waals surface area contributed by atoms with Crippen molar-refractivity contribution in [1.29, 1.82) is 0 Å². The fourth-order valence-corrected chi connectivity index (χ4v) is 3.46. The maximum atomic E-state index is 11.1. The fraction of sp³-hybridized carbons (Fsp3) is 0.333. The van der Waals surface area contributed by atoms with E-state index >= 15 is 0 Å². The molecule has 2 N–H and O–H groups in total. The summed E-state index contributed by atoms with van der Waals surface area (Å²) in [7, 11) is 0. The summed E-state index contributed by atoms with van der Waals surface area (Å²) < 4.78 is 22.8. The third kappa shape index (κ3) is 4.49. The van der Waals surface area contributed by atoms with Gasteiger partial charge in [-0.3, -0.25) is 0 Å². The molecule has 2 heterocycles. The molecule has 0 radical (unpaired) electrons. The molecule has 0 aliphatic rings. The number of nitrogens with zero attached hydrogens (tertiary/aromatic N) is 3. The van der Waals surface area contributed by atoms with Gasteiger partial charge in [0.05, 0.1) is 15.6 Å². The number of aromatic nitrogens is 3. The predicted octanol–water partition coefficient (Wildman–Crippen LogP) is 4.94. The Balaban J connectivity index is 1.86. The van der Waals surface area contributed by atoms with Gasteiger partial charge >= 0.3 is 0 Å². The highest BCUT2D eigenvalue weighted by Crippen LogP contribution is 2.24. The first kappa shape index (κ1) is 19.0. The van der Waals surface area contributed by atoms with Gasteiger partial charge in [-0.1, -0.05) is 26.2 Å². The summed E-state index contributed by atoms with van der Waals surface area (Å²) in [5.41, 5.74) is 2.61. The van der Waals surface area contributed by atoms with Gasteiger partial charge in [-0.05, 0) is 53.0 Å². The summed E-state index contributed by atoms with van der Waals surface area (Å²) in [6.45, 7) is 2.20. The molecule has 0 aliphatic carbocycles. The summed E-state index contributed by atoms with van der Waals surface area (Å²) in [6, 6.07) is 8.81. The van der Waals surface area contributed by atoms with Crippen LogP contribution in [0.4, 0.5) is 11.5 Å². The largest absolute Gasteiger partial charge is 0.340 e. The summed E-state index contributed by atoms with van der Waals surface area (Å²) in [6.07, 6.45) is 7.41. The Labute approximate surface area is 163 Å². The SMILES string of the molecule is CCCCCCc1cc(Nc2ccc(S(=O)O)cc2)n2ncc(Br)c2n1. The number of anilines is 2. The number of hydrogen-bond acceptors (Lipinski definition) is 4. The van der Waals surface area contributed by atoms with Crippen LogP contribution in [0.3, 0.4) is 0 Å². The van der Waals surface area contributed by atoms with Crippen LogP contribution in [-0.4, -0.2) is 23.4 Å². The van der Waals surface area contributed by atoms with Crippen molar-refractivity contribution in [2.45, 2.75) is 43.9 Å². The standard InChI is InChI=1S/C18H21BrN4O2S/c1-2-3-4-5-6-14-11-17(23-18(22-14)16(19)12-20-23)21-13-7-9-15(10-8-13)26(24)25/h7-12,21H,2-6H2,1H3,(H,24,25). The normalized spacial score (nSPS) is 12.4. The van der Waals surface area contributed by atoms with Crippen molar-refractivity contribution in [2.75, 3.05) is 5.32 Å². The maximum Gasteiger partial charge on any atom is 0.186 e. The van der Waals surface area contributed by atoms with Crippen LogP contribution in [0.15, 0.2) is 45.9 Å². The van der Waals surface area contributed by atoms with Gasteiger partial charge in [0.2, 0.25) is 0 Å². The Morgan fingerprint density at radius 3 is 2.69 bits per heavy atom. The molecular weight excluding hydrogens is 416 g/mol. The average molecular weight is 437 g/mol. The Morgan fingerprint density at radius 2 is 2.00 bits per heavy atom. The molecule has 0 fully saturated rings. The molecule has 2 aromatic heterocycles. The van der Waals surface area contributed by atoms with Gasteiger partial charge in [0, 0.05) is 17.4 Å². The zero-order chi connectivity index (χ0) is 18.5. The predicted molar refractivity (Wildman–Crippen MR) is 107 cm³/mol. The molecule has 138 valence electrons. The van der Waals surface area contributed by atoms with E-state index in [2.05, 4.69) is 33.3 Å². The molecule has 6 nitrogen and oxygen atoms in total. The summed E-state index contributed by atoms with van der Waals surface area (Å²) in [5, 5.41) is 7.69. The van der Waals surface area contributed by atoms with E-state index in [0.717, 1.165) is 40.2 Å². The fourth-order valence-electron chi connectivity index (χ4n) is 2.74. The molecule has 1 unspecified atom stereocenters. The first-order chi connectivity index (χ1) is 12.6. The number of halogens is 1. The number of rotatable bonds is 8. The van der Waals surface area contributed by atoms with E-state index in [1.807, 2.05) is 6.07 Å². The minimum Gasteiger partial charge on any atom is -0.340 e. The molecule has 0 amide bonds. The topological polar surface area (TPSA) is 79.5 Å². The first-order valence-corrected chi connectivity index (χ1v) is 10.5. The van der Waals surface area contributed by atoms with Crippen LogP contribution >= 0.6 is 15.9 Å². The summed E-state index contributed by atoms with van der Waals surface area (Å²) in [4.78, 5) is 5.08. The number of unbranched alkanes of at least 4 members (excludes halogenated alkanes) is 3. The van der Waals surface area contributed by atoms with Crippen LogP contribution in [0.25, 0.3) is 5.65 Å². The smallest absolute Gasteiger partial charge is 0.186 e. The highest BCUT2D eigenvalue weighted by atomic mass is 79.9. The van der Waals surface area contributed by atoms with E-state index in [4.69, 9.17) is 9.54 Å². The molecule has 1 aromatic carbocycles. The van der Waals surface area contributed by atoms with Crippen LogP contribution in [-0.2, 0) is 17.5 Å². The van der Waals surface area contributed by atoms with Crippen LogP contribution in [0.5, 0.6) is 0 Å². The van der Waals surface area contributed by atoms with Gasteiger partial charge in [0.25, 0.3) is 0 Å². The molecule has 0 saturated heterocycles. The Morgan fingerprint density at radius 1 is 1.23 bits per heavy atom. The van der Waals surface area contributed by atoms with Gasteiger partial charge in [-0.15, -0.1) is 0 Å². The lowest BCUT2D eigenvalue weighted by atomic mass is 10.1. The van der Waals surface area contributed by atoms with E-state index in [1.165, 1.54) is 19.3 Å². The number of hydrogen-bond donors (Lipinski definition) is 2. The second kappa shape index (κ2) is 8.75. The molecule has 26 heavy (non-hydrogen) atoms. The van der Waals surface area contributed by atoms with Crippen molar-refractivity contribution in [3.63, 3.8) is 0 Å². The molecule has 0 spiro atoms. The van der Waals surface area contributed by atoms with Crippen molar-refractivity contribution >= 4 is 44.2 Å². The second-order valence-corrected chi connectivity index (χ2v) is 7.89. The number of aryl methyl sites for hydroxylation is 1. The number of fused-ring (bicyclic) bond motifs is 1. The summed E-state index contributed by atoms with van der Waals surface area (Å²) >= 11 is 1.53. The second-order valence-electron chi connectivity index (χ2n) is 6.07. The van der Waals surface area contributed by atoms with Crippen molar-refractivity contribution in [2.24, 2.45) is 0 Å². The van der Waals surface area contributed by atoms with Crippen molar-refractivity contribution in [1.82, 2.24) is 14.6 Å². The molecule has 0 saturated carbocycles. The third-order valence-corrected chi connectivity index (χ3v) is 5.33. The Hall–Kier alpha value is -1.77. The van der Waals surface area contributed by atoms with Crippen LogP contribution in [0.2, 0.25) is 0 Å². The molecule has 1 atom stereocenters. The third-order valence-electron chi connectivity index (χ3n) is 4.10. The van der Waals surface area contributed by atoms with E-state index in [1.54, 1.807) is 35.0 Å². The quantitative estimate of drug-likeness (QED) is 0.386. The van der Waals surface area contributed by atoms with Crippen LogP contribution in [0, 0.1) is 0 Å². The first-order valence-electron chi connectivity index (χ1n) is 8.59. The van der Waals surface area contributed by atoms with Crippen molar-refractivity contribution in [3.8, 4) is 0 Å². The highest BCUT2D eigenvalue weighted by Gasteiger charge is 2.11. The minimum absolute atomic E-state index is 0.369.